The highest BCUT2D eigenvalue weighted by Crippen LogP contribution is 2.31. The van der Waals surface area contributed by atoms with Gasteiger partial charge in [-0.2, -0.15) is 13.2 Å². The van der Waals surface area contributed by atoms with Crippen LogP contribution in [0.15, 0.2) is 54.1 Å². The number of aryl methyl sites for hydroxylation is 1. The molecule has 35 heavy (non-hydrogen) atoms. The zero-order chi connectivity index (χ0) is 25.1. The van der Waals surface area contributed by atoms with Crippen LogP contribution in [0.2, 0.25) is 0 Å². The molecule has 1 aliphatic rings. The molecule has 12 heteroatoms. The van der Waals surface area contributed by atoms with Gasteiger partial charge in [-0.05, 0) is 61.4 Å². The van der Waals surface area contributed by atoms with E-state index in [9.17, 15) is 21.6 Å². The average molecular weight is 510 g/mol. The van der Waals surface area contributed by atoms with Crippen molar-refractivity contribution in [2.45, 2.75) is 62.2 Å². The van der Waals surface area contributed by atoms with Crippen LogP contribution in [-0.2, 0) is 16.4 Å². The fourth-order valence-corrected chi connectivity index (χ4v) is 5.89. The Balaban J connectivity index is 1.48. The van der Waals surface area contributed by atoms with Gasteiger partial charge in [-0.25, -0.2) is 18.1 Å². The van der Waals surface area contributed by atoms with Gasteiger partial charge in [-0.1, -0.05) is 13.0 Å². The SMILES string of the molecule is CCc1cc(-c2ccc(OCC(F)(F)F)nc2)ccc1S(=O)(=O)NC1CCCC(n2cnnc2)C1. The number of pyridine rings is 1. The summed E-state index contributed by atoms with van der Waals surface area (Å²) in [6, 6.07) is 7.89. The van der Waals surface area contributed by atoms with Gasteiger partial charge in [0.2, 0.25) is 15.9 Å². The maximum atomic E-state index is 13.3. The first-order valence-corrected chi connectivity index (χ1v) is 12.8. The molecule has 2 atom stereocenters. The van der Waals surface area contributed by atoms with Crippen LogP contribution in [0, 0.1) is 0 Å². The van der Waals surface area contributed by atoms with Crippen LogP contribution in [0.5, 0.6) is 5.88 Å². The van der Waals surface area contributed by atoms with Gasteiger partial charge < -0.3 is 9.30 Å². The van der Waals surface area contributed by atoms with Gasteiger partial charge in [0.25, 0.3) is 0 Å². The van der Waals surface area contributed by atoms with Crippen LogP contribution in [0.3, 0.4) is 0 Å². The van der Waals surface area contributed by atoms with E-state index in [0.717, 1.165) is 19.3 Å². The molecular formula is C23H26F3N5O3S. The van der Waals surface area contributed by atoms with Gasteiger partial charge in [0.1, 0.15) is 12.7 Å². The molecule has 0 amide bonds. The van der Waals surface area contributed by atoms with Crippen LogP contribution in [-0.4, -0.2) is 47.0 Å². The van der Waals surface area contributed by atoms with Crippen LogP contribution in [0.1, 0.15) is 44.2 Å². The van der Waals surface area contributed by atoms with Gasteiger partial charge in [0.15, 0.2) is 6.61 Å². The number of alkyl halides is 3. The van der Waals surface area contributed by atoms with Crippen molar-refractivity contribution in [3.8, 4) is 17.0 Å². The van der Waals surface area contributed by atoms with Crippen molar-refractivity contribution in [2.75, 3.05) is 6.61 Å². The van der Waals surface area contributed by atoms with Crippen LogP contribution in [0.25, 0.3) is 11.1 Å². The smallest absolute Gasteiger partial charge is 0.422 e. The first-order chi connectivity index (χ1) is 16.6. The molecule has 8 nitrogen and oxygen atoms in total. The number of hydrogen-bond donors (Lipinski definition) is 1. The van der Waals surface area contributed by atoms with Crippen molar-refractivity contribution in [1.29, 1.82) is 0 Å². The van der Waals surface area contributed by atoms with Gasteiger partial charge in [0, 0.05) is 29.9 Å². The fourth-order valence-electron chi connectivity index (χ4n) is 4.31. The Bertz CT molecular complexity index is 1230. The summed E-state index contributed by atoms with van der Waals surface area (Å²) in [6.45, 7) is 0.451. The molecule has 0 spiro atoms. The minimum atomic E-state index is -4.44. The molecule has 0 bridgehead atoms. The third-order valence-corrected chi connectivity index (χ3v) is 7.63. The van der Waals surface area contributed by atoms with E-state index >= 15 is 0 Å². The zero-order valence-electron chi connectivity index (χ0n) is 19.1. The maximum absolute atomic E-state index is 13.3. The molecule has 2 aromatic heterocycles. The quantitative estimate of drug-likeness (QED) is 0.486. The van der Waals surface area contributed by atoms with E-state index in [2.05, 4.69) is 24.6 Å². The number of hydrogen-bond acceptors (Lipinski definition) is 6. The van der Waals surface area contributed by atoms with Crippen molar-refractivity contribution in [3.05, 3.63) is 54.7 Å². The molecule has 0 saturated heterocycles. The Morgan fingerprint density at radius 1 is 1.11 bits per heavy atom. The number of aromatic nitrogens is 4. The monoisotopic (exact) mass is 509 g/mol. The van der Waals surface area contributed by atoms with E-state index in [4.69, 9.17) is 0 Å². The molecule has 188 valence electrons. The highest BCUT2D eigenvalue weighted by atomic mass is 32.2. The van der Waals surface area contributed by atoms with Crippen molar-refractivity contribution in [1.82, 2.24) is 24.5 Å². The molecule has 1 N–H and O–H groups in total. The summed E-state index contributed by atoms with van der Waals surface area (Å²) in [7, 11) is -3.75. The molecule has 4 rings (SSSR count). The molecule has 3 aromatic rings. The normalized spacial score (nSPS) is 19.0. The molecule has 0 aliphatic heterocycles. The molecule has 0 radical (unpaired) electrons. The lowest BCUT2D eigenvalue weighted by atomic mass is 9.91. The number of halogens is 3. The molecule has 1 saturated carbocycles. The number of benzene rings is 1. The highest BCUT2D eigenvalue weighted by molar-refractivity contribution is 7.89. The molecule has 1 fully saturated rings. The van der Waals surface area contributed by atoms with Gasteiger partial charge in [0.05, 0.1) is 4.90 Å². The lowest BCUT2D eigenvalue weighted by molar-refractivity contribution is -0.154. The van der Waals surface area contributed by atoms with E-state index in [-0.39, 0.29) is 22.9 Å². The third kappa shape index (κ3) is 6.37. The van der Waals surface area contributed by atoms with Crippen molar-refractivity contribution in [2.24, 2.45) is 0 Å². The second-order valence-corrected chi connectivity index (χ2v) is 10.2. The van der Waals surface area contributed by atoms with Crippen LogP contribution in [0.4, 0.5) is 13.2 Å². The van der Waals surface area contributed by atoms with E-state index in [0.29, 0.717) is 29.5 Å². The first-order valence-electron chi connectivity index (χ1n) is 11.3. The second kappa shape index (κ2) is 10.3. The summed E-state index contributed by atoms with van der Waals surface area (Å²) in [5.74, 6) is -0.137. The number of ether oxygens (including phenoxy) is 1. The number of rotatable bonds is 8. The number of nitrogens with zero attached hydrogens (tertiary/aromatic N) is 4. The molecular weight excluding hydrogens is 483 g/mol. The van der Waals surface area contributed by atoms with Crippen molar-refractivity contribution in [3.63, 3.8) is 0 Å². The molecule has 1 aromatic carbocycles. The predicted molar refractivity (Wildman–Crippen MR) is 122 cm³/mol. The van der Waals surface area contributed by atoms with Crippen molar-refractivity contribution < 1.29 is 26.3 Å². The fraction of sp³-hybridized carbons (Fsp3) is 0.435. The Labute approximate surface area is 201 Å². The third-order valence-electron chi connectivity index (χ3n) is 6.01. The predicted octanol–water partition coefficient (Wildman–Crippen LogP) is 4.31. The standard InChI is InChI=1S/C23H26F3N5O3S/c1-2-16-10-17(18-7-9-22(27-12-18)34-13-23(24,25)26)6-8-21(16)35(32,33)30-19-4-3-5-20(11-19)31-14-28-29-15-31/h6-10,12,14-15,19-20,30H,2-5,11,13H2,1H3. The van der Waals surface area contributed by atoms with Crippen molar-refractivity contribution >= 4 is 10.0 Å². The number of sulfonamides is 1. The van der Waals surface area contributed by atoms with E-state index in [1.54, 1.807) is 36.9 Å². The molecule has 1 aliphatic carbocycles. The van der Waals surface area contributed by atoms with Crippen LogP contribution >= 0.6 is 0 Å². The summed E-state index contributed by atoms with van der Waals surface area (Å²) in [4.78, 5) is 4.14. The summed E-state index contributed by atoms with van der Waals surface area (Å²) in [5.41, 5.74) is 1.99. The summed E-state index contributed by atoms with van der Waals surface area (Å²) >= 11 is 0. The van der Waals surface area contributed by atoms with Crippen LogP contribution < -0.4 is 9.46 Å². The summed E-state index contributed by atoms with van der Waals surface area (Å²) in [6.07, 6.45) is 4.00. The Morgan fingerprint density at radius 3 is 2.51 bits per heavy atom. The average Bonchev–Trinajstić information content (AvgIpc) is 3.37. The van der Waals surface area contributed by atoms with E-state index < -0.39 is 22.8 Å². The minimum Gasteiger partial charge on any atom is -0.468 e. The summed E-state index contributed by atoms with van der Waals surface area (Å²) < 4.78 is 72.9. The zero-order valence-corrected chi connectivity index (χ0v) is 19.9. The topological polar surface area (TPSA) is 99.0 Å². The minimum absolute atomic E-state index is 0.137. The highest BCUT2D eigenvalue weighted by Gasteiger charge is 2.29. The second-order valence-electron chi connectivity index (χ2n) is 8.51. The largest absolute Gasteiger partial charge is 0.468 e. The van der Waals surface area contributed by atoms with Gasteiger partial charge in [-0.15, -0.1) is 10.2 Å². The van der Waals surface area contributed by atoms with E-state index in [1.807, 2.05) is 11.5 Å². The lowest BCUT2D eigenvalue weighted by Crippen LogP contribution is -2.39. The van der Waals surface area contributed by atoms with Gasteiger partial charge >= 0.3 is 6.18 Å². The Kier molecular flexibility index (Phi) is 7.41. The number of nitrogens with one attached hydrogen (secondary N) is 1. The molecule has 2 heterocycles. The first kappa shape index (κ1) is 25.1. The Morgan fingerprint density at radius 2 is 1.86 bits per heavy atom. The Hall–Kier alpha value is -2.99. The summed E-state index contributed by atoms with van der Waals surface area (Å²) in [5, 5.41) is 7.68. The van der Waals surface area contributed by atoms with Gasteiger partial charge in [-0.3, -0.25) is 0 Å². The lowest BCUT2D eigenvalue weighted by Gasteiger charge is -2.30. The maximum Gasteiger partial charge on any atom is 0.422 e. The molecule has 2 unspecified atom stereocenters. The van der Waals surface area contributed by atoms with E-state index in [1.165, 1.54) is 12.3 Å².